The van der Waals surface area contributed by atoms with Gasteiger partial charge < -0.3 is 15.8 Å². The lowest BCUT2D eigenvalue weighted by atomic mass is 10.2. The Morgan fingerprint density at radius 1 is 1.20 bits per heavy atom. The summed E-state index contributed by atoms with van der Waals surface area (Å²) in [5.74, 6) is 0.705. The lowest BCUT2D eigenvalue weighted by Gasteiger charge is -2.14. The summed E-state index contributed by atoms with van der Waals surface area (Å²) >= 11 is 0. The number of nitrogens with two attached hydrogens (primary N) is 1. The number of nitrogens with one attached hydrogen (secondary N) is 1. The van der Waals surface area contributed by atoms with Gasteiger partial charge in [0.25, 0.3) is 0 Å². The van der Waals surface area contributed by atoms with E-state index in [1.165, 1.54) is 0 Å². The summed E-state index contributed by atoms with van der Waals surface area (Å²) in [6, 6.07) is 14.9. The van der Waals surface area contributed by atoms with E-state index in [0.717, 1.165) is 11.4 Å². The van der Waals surface area contributed by atoms with Gasteiger partial charge in [-0.05, 0) is 32.0 Å². The third-order valence-corrected chi connectivity index (χ3v) is 2.63. The average molecular weight is 267 g/mol. The highest BCUT2D eigenvalue weighted by Gasteiger charge is 2.05. The zero-order valence-electron chi connectivity index (χ0n) is 11.6. The van der Waals surface area contributed by atoms with Crippen LogP contribution >= 0.6 is 0 Å². The predicted molar refractivity (Wildman–Crippen MR) is 81.1 cm³/mol. The maximum Gasteiger partial charge on any atom is 0.123 e. The van der Waals surface area contributed by atoms with Crippen molar-refractivity contribution in [2.24, 2.45) is 0 Å². The molecule has 0 atom stereocenters. The van der Waals surface area contributed by atoms with E-state index in [9.17, 15) is 0 Å². The van der Waals surface area contributed by atoms with Crippen LogP contribution in [-0.2, 0) is 0 Å². The molecule has 0 unspecified atom stereocenters. The van der Waals surface area contributed by atoms with Crippen molar-refractivity contribution in [3.63, 3.8) is 0 Å². The summed E-state index contributed by atoms with van der Waals surface area (Å²) in [4.78, 5) is 0. The van der Waals surface area contributed by atoms with Crippen LogP contribution in [0.1, 0.15) is 19.4 Å². The summed E-state index contributed by atoms with van der Waals surface area (Å²) in [6.07, 6.45) is 0.0797. The number of hydrogen-bond acceptors (Lipinski definition) is 4. The molecule has 3 N–H and O–H groups in total. The van der Waals surface area contributed by atoms with Gasteiger partial charge in [-0.2, -0.15) is 5.26 Å². The number of para-hydroxylation sites is 1. The average Bonchev–Trinajstić information content (AvgIpc) is 2.37. The summed E-state index contributed by atoms with van der Waals surface area (Å²) in [7, 11) is 0. The molecule has 0 fully saturated rings. The van der Waals surface area contributed by atoms with Crippen LogP contribution in [0.25, 0.3) is 0 Å². The molecule has 0 saturated heterocycles. The summed E-state index contributed by atoms with van der Waals surface area (Å²) in [6.45, 7) is 3.92. The van der Waals surface area contributed by atoms with Crippen molar-refractivity contribution in [3.8, 4) is 11.8 Å². The van der Waals surface area contributed by atoms with E-state index < -0.39 is 0 Å². The van der Waals surface area contributed by atoms with E-state index in [4.69, 9.17) is 15.7 Å². The Kier molecular flexibility index (Phi) is 4.11. The highest BCUT2D eigenvalue weighted by molar-refractivity contribution is 5.70. The fourth-order valence-electron chi connectivity index (χ4n) is 1.88. The van der Waals surface area contributed by atoms with Crippen molar-refractivity contribution in [1.82, 2.24) is 0 Å². The van der Waals surface area contributed by atoms with E-state index >= 15 is 0 Å². The number of hydrogen-bond donors (Lipinski definition) is 2. The van der Waals surface area contributed by atoms with E-state index in [0.29, 0.717) is 17.0 Å². The van der Waals surface area contributed by atoms with Crippen LogP contribution in [0.2, 0.25) is 0 Å². The second kappa shape index (κ2) is 5.98. The van der Waals surface area contributed by atoms with E-state index in [1.54, 1.807) is 18.2 Å². The second-order valence-corrected chi connectivity index (χ2v) is 4.74. The van der Waals surface area contributed by atoms with Gasteiger partial charge in [0.05, 0.1) is 17.4 Å². The molecular weight excluding hydrogens is 250 g/mol. The van der Waals surface area contributed by atoms with Gasteiger partial charge in [-0.25, -0.2) is 0 Å². The number of rotatable bonds is 4. The minimum atomic E-state index is 0.0797. The topological polar surface area (TPSA) is 71.1 Å². The minimum Gasteiger partial charge on any atom is -0.491 e. The molecule has 0 saturated carbocycles. The maximum atomic E-state index is 9.09. The van der Waals surface area contributed by atoms with Gasteiger partial charge in [-0.1, -0.05) is 12.1 Å². The lowest BCUT2D eigenvalue weighted by molar-refractivity contribution is 0.242. The smallest absolute Gasteiger partial charge is 0.123 e. The third kappa shape index (κ3) is 3.42. The van der Waals surface area contributed by atoms with Crippen molar-refractivity contribution in [1.29, 1.82) is 5.26 Å². The molecule has 0 heterocycles. The Morgan fingerprint density at radius 2 is 1.95 bits per heavy atom. The summed E-state index contributed by atoms with van der Waals surface area (Å²) in [5.41, 5.74) is 8.61. The highest BCUT2D eigenvalue weighted by atomic mass is 16.5. The Labute approximate surface area is 118 Å². The number of nitriles is 1. The van der Waals surface area contributed by atoms with Crippen molar-refractivity contribution < 1.29 is 4.74 Å². The molecule has 0 aliphatic heterocycles. The van der Waals surface area contributed by atoms with E-state index in [-0.39, 0.29) is 6.10 Å². The molecule has 0 aliphatic carbocycles. The quantitative estimate of drug-likeness (QED) is 0.829. The number of benzene rings is 2. The molecule has 0 radical (unpaired) electrons. The van der Waals surface area contributed by atoms with Crippen molar-refractivity contribution in [2.75, 3.05) is 11.1 Å². The maximum absolute atomic E-state index is 9.09. The first-order valence-electron chi connectivity index (χ1n) is 6.42. The van der Waals surface area contributed by atoms with E-state index in [2.05, 4.69) is 11.4 Å². The van der Waals surface area contributed by atoms with Crippen molar-refractivity contribution >= 4 is 17.1 Å². The highest BCUT2D eigenvalue weighted by Crippen LogP contribution is 2.27. The van der Waals surface area contributed by atoms with Crippen molar-refractivity contribution in [3.05, 3.63) is 48.0 Å². The molecule has 20 heavy (non-hydrogen) atoms. The van der Waals surface area contributed by atoms with Crippen LogP contribution in [0.3, 0.4) is 0 Å². The molecule has 0 aromatic heterocycles. The van der Waals surface area contributed by atoms with Crippen LogP contribution in [0.15, 0.2) is 42.5 Å². The monoisotopic (exact) mass is 267 g/mol. The van der Waals surface area contributed by atoms with Crippen LogP contribution in [0, 0.1) is 11.3 Å². The molecule has 0 bridgehead atoms. The van der Waals surface area contributed by atoms with Gasteiger partial charge in [-0.3, -0.25) is 0 Å². The number of nitrogens with zero attached hydrogens (tertiary/aromatic N) is 1. The van der Waals surface area contributed by atoms with Gasteiger partial charge in [0.1, 0.15) is 11.8 Å². The summed E-state index contributed by atoms with van der Waals surface area (Å²) < 4.78 is 5.64. The van der Waals surface area contributed by atoms with Gasteiger partial charge in [0.2, 0.25) is 0 Å². The Morgan fingerprint density at radius 3 is 2.65 bits per heavy atom. The third-order valence-electron chi connectivity index (χ3n) is 2.63. The molecule has 2 aromatic rings. The van der Waals surface area contributed by atoms with Crippen LogP contribution in [0.5, 0.6) is 5.75 Å². The van der Waals surface area contributed by atoms with Crippen LogP contribution < -0.4 is 15.8 Å². The number of anilines is 3. The molecular formula is C16H17N3O. The Balaban J connectivity index is 2.29. The lowest BCUT2D eigenvalue weighted by Crippen LogP contribution is -2.06. The fraction of sp³-hybridized carbons (Fsp3) is 0.188. The first-order valence-corrected chi connectivity index (χ1v) is 6.42. The molecule has 0 aliphatic rings. The first kappa shape index (κ1) is 13.8. The minimum absolute atomic E-state index is 0.0797. The SMILES string of the molecule is CC(C)Oc1cc(N)cc(Nc2ccccc2C#N)c1. The first-order chi connectivity index (χ1) is 9.58. The molecule has 0 amide bonds. The van der Waals surface area contributed by atoms with E-state index in [1.807, 2.05) is 38.1 Å². The normalized spacial score (nSPS) is 10.1. The Hall–Kier alpha value is -2.67. The van der Waals surface area contributed by atoms with Gasteiger partial charge in [0.15, 0.2) is 0 Å². The Bertz CT molecular complexity index is 644. The van der Waals surface area contributed by atoms with Crippen molar-refractivity contribution in [2.45, 2.75) is 20.0 Å². The second-order valence-electron chi connectivity index (χ2n) is 4.74. The number of ether oxygens (including phenoxy) is 1. The van der Waals surface area contributed by atoms with Crippen LogP contribution in [0.4, 0.5) is 17.1 Å². The van der Waals surface area contributed by atoms with Gasteiger partial charge in [-0.15, -0.1) is 0 Å². The predicted octanol–water partition coefficient (Wildman–Crippen LogP) is 3.67. The largest absolute Gasteiger partial charge is 0.491 e. The van der Waals surface area contributed by atoms with Gasteiger partial charge in [0, 0.05) is 23.5 Å². The zero-order valence-corrected chi connectivity index (χ0v) is 11.6. The van der Waals surface area contributed by atoms with Crippen LogP contribution in [-0.4, -0.2) is 6.10 Å². The number of nitrogen functional groups attached to an aromatic ring is 1. The zero-order chi connectivity index (χ0) is 14.5. The molecule has 2 rings (SSSR count). The summed E-state index contributed by atoms with van der Waals surface area (Å²) in [5, 5.41) is 12.3. The molecule has 4 heteroatoms. The van der Waals surface area contributed by atoms with Gasteiger partial charge >= 0.3 is 0 Å². The fourth-order valence-corrected chi connectivity index (χ4v) is 1.88. The molecule has 102 valence electrons. The molecule has 0 spiro atoms. The molecule has 4 nitrogen and oxygen atoms in total. The molecule has 2 aromatic carbocycles. The standard InChI is InChI=1S/C16H17N3O/c1-11(2)20-15-8-13(18)7-14(9-15)19-16-6-4-3-5-12(16)10-17/h3-9,11,19H,18H2,1-2H3.